The third kappa shape index (κ3) is 2.82. The van der Waals surface area contributed by atoms with Gasteiger partial charge in [0.25, 0.3) is 0 Å². The van der Waals surface area contributed by atoms with E-state index in [4.69, 9.17) is 0 Å². The Hall–Kier alpha value is -1.55. The molecule has 0 fully saturated rings. The molecule has 0 amide bonds. The molecule has 2 aromatic rings. The molecule has 3 nitrogen and oxygen atoms in total. The Morgan fingerprint density at radius 1 is 1.44 bits per heavy atom. The summed E-state index contributed by atoms with van der Waals surface area (Å²) in [4.78, 5) is 4.47. The fourth-order valence-corrected chi connectivity index (χ4v) is 2.36. The largest absolute Gasteiger partial charge is 0.325 e. The number of hydrogen-bond acceptors (Lipinski definition) is 2. The minimum absolute atomic E-state index is 0.743. The molecule has 1 heterocycles. The van der Waals surface area contributed by atoms with Gasteiger partial charge in [-0.05, 0) is 47.5 Å². The van der Waals surface area contributed by atoms with Crippen molar-refractivity contribution in [3.63, 3.8) is 0 Å². The zero-order valence-electron chi connectivity index (χ0n) is 10.6. The van der Waals surface area contributed by atoms with E-state index in [1.165, 1.54) is 5.56 Å². The highest BCUT2D eigenvalue weighted by atomic mass is 79.9. The molecule has 0 aliphatic heterocycles. The lowest BCUT2D eigenvalue weighted by Crippen LogP contribution is -2.02. The van der Waals surface area contributed by atoms with Crippen LogP contribution < -0.4 is 5.32 Å². The zero-order chi connectivity index (χ0) is 13.1. The average Bonchev–Trinajstić information content (AvgIpc) is 2.64. The quantitative estimate of drug-likeness (QED) is 0.858. The second kappa shape index (κ2) is 5.40. The number of imidazole rings is 1. The smallest absolute Gasteiger partial charge is 0.207 e. The van der Waals surface area contributed by atoms with E-state index in [2.05, 4.69) is 51.9 Å². The first kappa shape index (κ1) is 12.9. The Bertz CT molecular complexity index is 572. The monoisotopic (exact) mass is 305 g/mol. The van der Waals surface area contributed by atoms with Crippen LogP contribution in [0.15, 0.2) is 41.5 Å². The minimum atomic E-state index is 0.743. The summed E-state index contributed by atoms with van der Waals surface area (Å²) in [6.45, 7) is 8.55. The van der Waals surface area contributed by atoms with Crippen molar-refractivity contribution in [1.82, 2.24) is 9.55 Å². The number of benzene rings is 1. The van der Waals surface area contributed by atoms with Gasteiger partial charge < -0.3 is 9.88 Å². The van der Waals surface area contributed by atoms with Crippen LogP contribution in [0.5, 0.6) is 0 Å². The van der Waals surface area contributed by atoms with Gasteiger partial charge in [0.2, 0.25) is 5.95 Å². The van der Waals surface area contributed by atoms with Crippen LogP contribution in [-0.4, -0.2) is 9.55 Å². The van der Waals surface area contributed by atoms with Gasteiger partial charge in [-0.3, -0.25) is 0 Å². The predicted molar refractivity (Wildman–Crippen MR) is 79.3 cm³/mol. The van der Waals surface area contributed by atoms with E-state index < -0.39 is 0 Å². The van der Waals surface area contributed by atoms with Crippen molar-refractivity contribution in [3.8, 4) is 0 Å². The fourth-order valence-electron chi connectivity index (χ4n) is 1.77. The van der Waals surface area contributed by atoms with Crippen molar-refractivity contribution in [2.45, 2.75) is 20.4 Å². The zero-order valence-corrected chi connectivity index (χ0v) is 12.2. The van der Waals surface area contributed by atoms with Crippen molar-refractivity contribution < 1.29 is 0 Å². The summed E-state index contributed by atoms with van der Waals surface area (Å²) in [5.74, 6) is 0.831. The van der Waals surface area contributed by atoms with Crippen LogP contribution in [-0.2, 0) is 6.54 Å². The Labute approximate surface area is 116 Å². The Balaban J connectivity index is 2.30. The highest BCUT2D eigenvalue weighted by molar-refractivity contribution is 9.10. The average molecular weight is 306 g/mol. The van der Waals surface area contributed by atoms with E-state index in [1.807, 2.05) is 29.8 Å². The van der Waals surface area contributed by atoms with E-state index in [1.54, 1.807) is 0 Å². The van der Waals surface area contributed by atoms with Gasteiger partial charge in [-0.25, -0.2) is 4.98 Å². The summed E-state index contributed by atoms with van der Waals surface area (Å²) in [5, 5.41) is 3.33. The molecule has 0 saturated carbocycles. The molecule has 4 heteroatoms. The summed E-state index contributed by atoms with van der Waals surface area (Å²) in [6, 6.07) is 6.19. The lowest BCUT2D eigenvalue weighted by atomic mass is 10.2. The topological polar surface area (TPSA) is 29.9 Å². The van der Waals surface area contributed by atoms with Gasteiger partial charge in [0.1, 0.15) is 0 Å². The van der Waals surface area contributed by atoms with Gasteiger partial charge in [-0.15, -0.1) is 6.58 Å². The van der Waals surface area contributed by atoms with Gasteiger partial charge in [0, 0.05) is 17.2 Å². The molecule has 0 atom stereocenters. The fraction of sp³-hybridized carbons (Fsp3) is 0.214. The van der Waals surface area contributed by atoms with E-state index in [-0.39, 0.29) is 0 Å². The third-order valence-electron chi connectivity index (χ3n) is 2.59. The maximum Gasteiger partial charge on any atom is 0.207 e. The van der Waals surface area contributed by atoms with Gasteiger partial charge >= 0.3 is 0 Å². The second-order valence-electron chi connectivity index (χ2n) is 4.26. The number of aryl methyl sites for hydroxylation is 2. The molecule has 2 rings (SSSR count). The molecule has 0 radical (unpaired) electrons. The van der Waals surface area contributed by atoms with Crippen molar-refractivity contribution in [3.05, 3.63) is 52.8 Å². The minimum Gasteiger partial charge on any atom is -0.325 e. The van der Waals surface area contributed by atoms with Crippen molar-refractivity contribution >= 4 is 27.6 Å². The first-order valence-electron chi connectivity index (χ1n) is 5.78. The molecule has 0 bridgehead atoms. The van der Waals surface area contributed by atoms with Crippen molar-refractivity contribution in [2.75, 3.05) is 5.32 Å². The maximum atomic E-state index is 4.47. The van der Waals surface area contributed by atoms with E-state index in [0.717, 1.165) is 28.3 Å². The predicted octanol–water partition coefficient (Wildman–Crippen LogP) is 4.19. The summed E-state index contributed by atoms with van der Waals surface area (Å²) < 4.78 is 3.07. The van der Waals surface area contributed by atoms with Gasteiger partial charge in [-0.1, -0.05) is 12.1 Å². The molecule has 0 spiro atoms. The number of allylic oxidation sites excluding steroid dienone is 1. The van der Waals surface area contributed by atoms with Crippen LogP contribution >= 0.6 is 15.9 Å². The lowest BCUT2D eigenvalue weighted by molar-refractivity contribution is 0.832. The molecule has 0 aliphatic carbocycles. The molecular weight excluding hydrogens is 290 g/mol. The molecule has 0 aliphatic rings. The van der Waals surface area contributed by atoms with Gasteiger partial charge in [-0.2, -0.15) is 0 Å². The van der Waals surface area contributed by atoms with Crippen molar-refractivity contribution in [1.29, 1.82) is 0 Å². The van der Waals surface area contributed by atoms with Crippen LogP contribution in [0.4, 0.5) is 11.6 Å². The Morgan fingerprint density at radius 3 is 2.89 bits per heavy atom. The molecule has 1 aromatic heterocycles. The van der Waals surface area contributed by atoms with Gasteiger partial charge in [0.05, 0.1) is 11.4 Å². The van der Waals surface area contributed by atoms with E-state index in [0.29, 0.717) is 0 Å². The molecule has 1 aromatic carbocycles. The molecule has 0 unspecified atom stereocenters. The molecular formula is C14H16BrN3. The highest BCUT2D eigenvalue weighted by Gasteiger charge is 2.07. The summed E-state index contributed by atoms with van der Waals surface area (Å²) in [5.41, 5.74) is 3.22. The first-order valence-corrected chi connectivity index (χ1v) is 6.57. The number of nitrogens with zero attached hydrogens (tertiary/aromatic N) is 2. The Morgan fingerprint density at radius 2 is 2.22 bits per heavy atom. The number of hydrogen-bond donors (Lipinski definition) is 1. The molecule has 94 valence electrons. The van der Waals surface area contributed by atoms with Gasteiger partial charge in [0.15, 0.2) is 0 Å². The lowest BCUT2D eigenvalue weighted by Gasteiger charge is -2.10. The highest BCUT2D eigenvalue weighted by Crippen LogP contribution is 2.26. The van der Waals surface area contributed by atoms with Crippen molar-refractivity contribution in [2.24, 2.45) is 0 Å². The maximum absolute atomic E-state index is 4.47. The number of halogens is 1. The molecule has 18 heavy (non-hydrogen) atoms. The van der Waals surface area contributed by atoms with Crippen LogP contribution in [0.1, 0.15) is 11.3 Å². The number of anilines is 2. The van der Waals surface area contributed by atoms with E-state index >= 15 is 0 Å². The summed E-state index contributed by atoms with van der Waals surface area (Å²) in [7, 11) is 0. The SMILES string of the molecule is C=CCn1cc(C)nc1Nc1ccc(C)cc1Br. The number of nitrogens with one attached hydrogen (secondary N) is 1. The number of aromatic nitrogens is 2. The molecule has 0 saturated heterocycles. The summed E-state index contributed by atoms with van der Waals surface area (Å²) in [6.07, 6.45) is 3.86. The van der Waals surface area contributed by atoms with Crippen LogP contribution in [0.3, 0.4) is 0 Å². The number of rotatable bonds is 4. The third-order valence-corrected chi connectivity index (χ3v) is 3.25. The molecule has 1 N–H and O–H groups in total. The standard InChI is InChI=1S/C14H16BrN3/c1-4-7-18-9-11(3)16-14(18)17-13-6-5-10(2)8-12(13)15/h4-6,8-9H,1,7H2,2-3H3,(H,16,17). The van der Waals surface area contributed by atoms with Crippen LogP contribution in [0.25, 0.3) is 0 Å². The van der Waals surface area contributed by atoms with E-state index in [9.17, 15) is 0 Å². The van der Waals surface area contributed by atoms with Crippen LogP contribution in [0, 0.1) is 13.8 Å². The van der Waals surface area contributed by atoms with Crippen LogP contribution in [0.2, 0.25) is 0 Å². The Kier molecular flexibility index (Phi) is 3.87. The second-order valence-corrected chi connectivity index (χ2v) is 5.11. The first-order chi connectivity index (χ1) is 8.60. The normalized spacial score (nSPS) is 10.4. The summed E-state index contributed by atoms with van der Waals surface area (Å²) >= 11 is 3.56.